The van der Waals surface area contributed by atoms with E-state index >= 15 is 0 Å². The Morgan fingerprint density at radius 3 is 2.65 bits per heavy atom. The van der Waals surface area contributed by atoms with Crippen molar-refractivity contribution in [3.8, 4) is 0 Å². The highest BCUT2D eigenvalue weighted by molar-refractivity contribution is 5.83. The zero-order valence-electron chi connectivity index (χ0n) is 11.1. The summed E-state index contributed by atoms with van der Waals surface area (Å²) in [5.41, 5.74) is 5.70. The van der Waals surface area contributed by atoms with Crippen molar-refractivity contribution < 1.29 is 4.79 Å². The molecule has 2 aliphatic rings. The average Bonchev–Trinajstić information content (AvgIpc) is 2.88. The van der Waals surface area contributed by atoms with Crippen LogP contribution in [0, 0.1) is 11.3 Å². The number of hydrogen-bond donors (Lipinski definition) is 1. The second-order valence-corrected chi connectivity index (χ2v) is 5.86. The van der Waals surface area contributed by atoms with E-state index in [0.29, 0.717) is 18.4 Å². The van der Waals surface area contributed by atoms with Gasteiger partial charge in [0.05, 0.1) is 5.41 Å². The van der Waals surface area contributed by atoms with Crippen molar-refractivity contribution in [3.63, 3.8) is 0 Å². The first kappa shape index (κ1) is 12.9. The topological polar surface area (TPSA) is 46.3 Å². The first-order valence-electron chi connectivity index (χ1n) is 7.21. The van der Waals surface area contributed by atoms with Gasteiger partial charge in [0.15, 0.2) is 0 Å². The van der Waals surface area contributed by atoms with Crippen LogP contribution >= 0.6 is 0 Å². The molecule has 1 amide bonds. The number of hydrogen-bond acceptors (Lipinski definition) is 2. The van der Waals surface area contributed by atoms with Gasteiger partial charge in [0.1, 0.15) is 0 Å². The number of piperidine rings is 1. The third kappa shape index (κ3) is 2.49. The van der Waals surface area contributed by atoms with Crippen LogP contribution in [0.3, 0.4) is 0 Å². The van der Waals surface area contributed by atoms with Crippen LogP contribution in [0.4, 0.5) is 0 Å². The molecule has 0 aromatic rings. The van der Waals surface area contributed by atoms with Gasteiger partial charge in [-0.25, -0.2) is 0 Å². The van der Waals surface area contributed by atoms with Crippen molar-refractivity contribution in [2.24, 2.45) is 17.1 Å². The monoisotopic (exact) mass is 238 g/mol. The Kier molecular flexibility index (Phi) is 4.08. The van der Waals surface area contributed by atoms with Crippen molar-refractivity contribution in [2.45, 2.75) is 51.9 Å². The van der Waals surface area contributed by atoms with Gasteiger partial charge in [-0.1, -0.05) is 26.2 Å². The van der Waals surface area contributed by atoms with Crippen molar-refractivity contribution in [2.75, 3.05) is 19.6 Å². The molecule has 0 aromatic carbocycles. The minimum atomic E-state index is -0.199. The fourth-order valence-corrected chi connectivity index (χ4v) is 3.48. The van der Waals surface area contributed by atoms with Crippen LogP contribution in [0.5, 0.6) is 0 Å². The molecule has 3 nitrogen and oxygen atoms in total. The molecule has 1 aliphatic carbocycles. The molecule has 1 atom stereocenters. The molecular weight excluding hydrogens is 212 g/mol. The predicted molar refractivity (Wildman–Crippen MR) is 69.6 cm³/mol. The molecule has 1 aliphatic heterocycles. The summed E-state index contributed by atoms with van der Waals surface area (Å²) in [6.45, 7) is 4.69. The molecule has 3 heteroatoms. The van der Waals surface area contributed by atoms with Crippen LogP contribution in [-0.4, -0.2) is 30.4 Å². The third-order valence-electron chi connectivity index (χ3n) is 4.79. The van der Waals surface area contributed by atoms with Gasteiger partial charge in [0, 0.05) is 19.6 Å². The van der Waals surface area contributed by atoms with E-state index in [1.807, 2.05) is 0 Å². The summed E-state index contributed by atoms with van der Waals surface area (Å²) in [6, 6.07) is 0. The van der Waals surface area contributed by atoms with Crippen molar-refractivity contribution in [1.82, 2.24) is 4.90 Å². The van der Waals surface area contributed by atoms with Gasteiger partial charge in [0.2, 0.25) is 5.91 Å². The number of rotatable bonds is 3. The summed E-state index contributed by atoms with van der Waals surface area (Å²) in [5.74, 6) is 1.07. The second-order valence-electron chi connectivity index (χ2n) is 5.86. The number of likely N-dealkylation sites (tertiary alicyclic amines) is 1. The van der Waals surface area contributed by atoms with E-state index < -0.39 is 0 Å². The largest absolute Gasteiger partial charge is 0.342 e. The number of carbonyl (C=O) groups is 1. The maximum Gasteiger partial charge on any atom is 0.230 e. The highest BCUT2D eigenvalue weighted by atomic mass is 16.2. The van der Waals surface area contributed by atoms with E-state index in [9.17, 15) is 4.79 Å². The van der Waals surface area contributed by atoms with Crippen LogP contribution in [0.1, 0.15) is 51.9 Å². The molecule has 1 saturated heterocycles. The highest BCUT2D eigenvalue weighted by Crippen LogP contribution is 2.39. The first-order valence-corrected chi connectivity index (χ1v) is 7.21. The quantitative estimate of drug-likeness (QED) is 0.819. The Morgan fingerprint density at radius 2 is 2.06 bits per heavy atom. The van der Waals surface area contributed by atoms with Gasteiger partial charge in [-0.3, -0.25) is 4.79 Å². The van der Waals surface area contributed by atoms with Crippen molar-refractivity contribution in [1.29, 1.82) is 0 Å². The maximum atomic E-state index is 12.7. The van der Waals surface area contributed by atoms with E-state index in [2.05, 4.69) is 11.8 Å². The predicted octanol–water partition coefficient (Wildman–Crippen LogP) is 2.15. The summed E-state index contributed by atoms with van der Waals surface area (Å²) in [7, 11) is 0. The molecule has 0 bridgehead atoms. The van der Waals surface area contributed by atoms with Crippen LogP contribution < -0.4 is 5.73 Å². The lowest BCUT2D eigenvalue weighted by molar-refractivity contribution is -0.143. The number of nitrogens with two attached hydrogens (primary N) is 1. The molecule has 1 heterocycles. The van der Waals surface area contributed by atoms with Crippen LogP contribution in [0.25, 0.3) is 0 Å². The lowest BCUT2D eigenvalue weighted by Crippen LogP contribution is -2.50. The Hall–Kier alpha value is -0.570. The fraction of sp³-hybridized carbons (Fsp3) is 0.929. The third-order valence-corrected chi connectivity index (χ3v) is 4.79. The van der Waals surface area contributed by atoms with E-state index in [0.717, 1.165) is 25.9 Å². The minimum Gasteiger partial charge on any atom is -0.342 e. The number of amides is 1. The summed E-state index contributed by atoms with van der Waals surface area (Å²) < 4.78 is 0. The number of nitrogens with zero attached hydrogens (tertiary/aromatic N) is 1. The highest BCUT2D eigenvalue weighted by Gasteiger charge is 2.42. The molecule has 98 valence electrons. The fourth-order valence-electron chi connectivity index (χ4n) is 3.48. The van der Waals surface area contributed by atoms with Gasteiger partial charge in [-0.05, 0) is 31.6 Å². The van der Waals surface area contributed by atoms with E-state index in [1.165, 1.54) is 32.1 Å². The Balaban J connectivity index is 2.03. The number of carbonyl (C=O) groups excluding carboxylic acids is 1. The zero-order valence-corrected chi connectivity index (χ0v) is 11.1. The summed E-state index contributed by atoms with van der Waals surface area (Å²) >= 11 is 0. The molecule has 2 fully saturated rings. The normalized spacial score (nSPS) is 28.4. The second kappa shape index (κ2) is 5.38. The minimum absolute atomic E-state index is 0.199. The Labute approximate surface area is 105 Å². The maximum absolute atomic E-state index is 12.7. The Morgan fingerprint density at radius 1 is 1.35 bits per heavy atom. The molecule has 2 N–H and O–H groups in total. The molecule has 1 saturated carbocycles. The van der Waals surface area contributed by atoms with Crippen LogP contribution in [-0.2, 0) is 4.79 Å². The lowest BCUT2D eigenvalue weighted by atomic mass is 9.83. The average molecular weight is 238 g/mol. The molecule has 17 heavy (non-hydrogen) atoms. The van der Waals surface area contributed by atoms with Gasteiger partial charge >= 0.3 is 0 Å². The molecule has 2 rings (SSSR count). The Bertz CT molecular complexity index is 271. The van der Waals surface area contributed by atoms with E-state index in [-0.39, 0.29) is 5.41 Å². The van der Waals surface area contributed by atoms with Gasteiger partial charge < -0.3 is 10.6 Å². The first-order chi connectivity index (χ1) is 8.22. The lowest BCUT2D eigenvalue weighted by Gasteiger charge is -2.38. The summed E-state index contributed by atoms with van der Waals surface area (Å²) in [4.78, 5) is 14.8. The molecule has 0 aromatic heterocycles. The smallest absolute Gasteiger partial charge is 0.230 e. The molecule has 1 unspecified atom stereocenters. The van der Waals surface area contributed by atoms with Gasteiger partial charge in [-0.15, -0.1) is 0 Å². The standard InChI is InChI=1S/C14H26N2O/c1-2-12-6-5-9-16(10-12)13(17)14(11-15)7-3-4-8-14/h12H,2-11,15H2,1H3. The zero-order chi connectivity index (χ0) is 12.3. The van der Waals surface area contributed by atoms with E-state index in [4.69, 9.17) is 5.73 Å². The van der Waals surface area contributed by atoms with E-state index in [1.54, 1.807) is 0 Å². The SMILES string of the molecule is CCC1CCCN(C(=O)C2(CN)CCCC2)C1. The summed E-state index contributed by atoms with van der Waals surface area (Å²) in [6.07, 6.45) is 8.02. The van der Waals surface area contributed by atoms with Crippen molar-refractivity contribution >= 4 is 5.91 Å². The molecular formula is C14H26N2O. The van der Waals surface area contributed by atoms with Crippen LogP contribution in [0.15, 0.2) is 0 Å². The van der Waals surface area contributed by atoms with Gasteiger partial charge in [-0.2, -0.15) is 0 Å². The molecule has 0 radical (unpaired) electrons. The van der Waals surface area contributed by atoms with Crippen LogP contribution in [0.2, 0.25) is 0 Å². The van der Waals surface area contributed by atoms with Crippen molar-refractivity contribution in [3.05, 3.63) is 0 Å². The molecule has 0 spiro atoms. The summed E-state index contributed by atoms with van der Waals surface area (Å²) in [5, 5.41) is 0. The van der Waals surface area contributed by atoms with Gasteiger partial charge in [0.25, 0.3) is 0 Å².